The van der Waals surface area contributed by atoms with E-state index in [9.17, 15) is 4.79 Å². The molecular weight excluding hydrogens is 180 g/mol. The molecule has 4 heteroatoms. The predicted octanol–water partition coefficient (Wildman–Crippen LogP) is 0.875. The number of carbonyl (C=O) groups excluding carboxylic acids is 1. The van der Waals surface area contributed by atoms with Crippen LogP contribution in [-0.4, -0.2) is 36.2 Å². The molecule has 0 spiro atoms. The minimum Gasteiger partial charge on any atom is -0.395 e. The van der Waals surface area contributed by atoms with E-state index in [1.54, 1.807) is 0 Å². The molecule has 4 nitrogen and oxygen atoms in total. The van der Waals surface area contributed by atoms with E-state index in [-0.39, 0.29) is 6.04 Å². The second kappa shape index (κ2) is 3.59. The largest absolute Gasteiger partial charge is 0.395 e. The Bertz CT molecular complexity index is 263. The Balaban J connectivity index is 2.23. The number of likely N-dealkylation sites (tertiary alicyclic amines) is 1. The van der Waals surface area contributed by atoms with Gasteiger partial charge in [0.25, 0.3) is 0 Å². The molecule has 78 valence electrons. The third kappa shape index (κ3) is 1.38. The van der Waals surface area contributed by atoms with Gasteiger partial charge in [0.05, 0.1) is 11.8 Å². The molecule has 0 saturated carbocycles. The molecule has 0 aromatic heterocycles. The number of carbonyl (C=O) groups is 1. The Labute approximate surface area is 83.9 Å². The molecule has 0 unspecified atom stereocenters. The van der Waals surface area contributed by atoms with Crippen LogP contribution < -0.4 is 0 Å². The fourth-order valence-corrected chi connectivity index (χ4v) is 2.35. The van der Waals surface area contributed by atoms with Crippen LogP contribution in [0.5, 0.6) is 0 Å². The van der Waals surface area contributed by atoms with Gasteiger partial charge in [-0.1, -0.05) is 19.0 Å². The maximum atomic E-state index is 10.9. The van der Waals surface area contributed by atoms with E-state index in [0.717, 1.165) is 25.1 Å². The van der Waals surface area contributed by atoms with Gasteiger partial charge in [-0.15, -0.1) is 0 Å². The van der Waals surface area contributed by atoms with Gasteiger partial charge >= 0.3 is 0 Å². The zero-order valence-electron chi connectivity index (χ0n) is 8.64. The van der Waals surface area contributed by atoms with Gasteiger partial charge in [-0.3, -0.25) is 4.79 Å². The Morgan fingerprint density at radius 3 is 3.07 bits per heavy atom. The van der Waals surface area contributed by atoms with Gasteiger partial charge < -0.3 is 9.74 Å². The summed E-state index contributed by atoms with van der Waals surface area (Å²) in [6.07, 6.45) is 1.92. The highest BCUT2D eigenvalue weighted by Gasteiger charge is 2.39. The molecule has 1 fully saturated rings. The van der Waals surface area contributed by atoms with Gasteiger partial charge in [-0.25, -0.2) is 0 Å². The SMILES string of the molecule is CC(C)[C@H]1C2=NOC[C@@H]2CCN1C=O. The lowest BCUT2D eigenvalue weighted by atomic mass is 9.84. The van der Waals surface area contributed by atoms with Crippen molar-refractivity contribution in [3.63, 3.8) is 0 Å². The summed E-state index contributed by atoms with van der Waals surface area (Å²) in [5, 5.41) is 4.07. The van der Waals surface area contributed by atoms with Gasteiger partial charge in [0.2, 0.25) is 6.41 Å². The smallest absolute Gasteiger partial charge is 0.210 e. The monoisotopic (exact) mass is 196 g/mol. The molecular formula is C10H16N2O2. The van der Waals surface area contributed by atoms with Gasteiger partial charge in [0.15, 0.2) is 0 Å². The number of hydrogen-bond donors (Lipinski definition) is 0. The molecule has 0 N–H and O–H groups in total. The van der Waals surface area contributed by atoms with Crippen LogP contribution in [0.25, 0.3) is 0 Å². The zero-order chi connectivity index (χ0) is 10.1. The number of nitrogens with zero attached hydrogens (tertiary/aromatic N) is 2. The summed E-state index contributed by atoms with van der Waals surface area (Å²) in [5.74, 6) is 0.849. The molecule has 2 heterocycles. The Kier molecular flexibility index (Phi) is 2.44. The summed E-state index contributed by atoms with van der Waals surface area (Å²) >= 11 is 0. The average Bonchev–Trinajstić information content (AvgIpc) is 2.62. The molecule has 14 heavy (non-hydrogen) atoms. The third-order valence-corrected chi connectivity index (χ3v) is 3.03. The first-order valence-corrected chi connectivity index (χ1v) is 5.15. The van der Waals surface area contributed by atoms with E-state index in [1.807, 2.05) is 4.90 Å². The van der Waals surface area contributed by atoms with E-state index in [0.29, 0.717) is 18.4 Å². The lowest BCUT2D eigenvalue weighted by Gasteiger charge is -2.37. The van der Waals surface area contributed by atoms with Crippen LogP contribution >= 0.6 is 0 Å². The fraction of sp³-hybridized carbons (Fsp3) is 0.800. The van der Waals surface area contributed by atoms with Crippen LogP contribution in [0.2, 0.25) is 0 Å². The van der Waals surface area contributed by atoms with Crippen molar-refractivity contribution < 1.29 is 9.63 Å². The Morgan fingerprint density at radius 2 is 2.43 bits per heavy atom. The third-order valence-electron chi connectivity index (χ3n) is 3.03. The van der Waals surface area contributed by atoms with E-state index < -0.39 is 0 Å². The molecule has 1 amide bonds. The van der Waals surface area contributed by atoms with Crippen LogP contribution in [0.3, 0.4) is 0 Å². The molecule has 1 saturated heterocycles. The number of rotatable bonds is 2. The van der Waals surface area contributed by atoms with Crippen molar-refractivity contribution in [3.8, 4) is 0 Å². The maximum Gasteiger partial charge on any atom is 0.210 e. The van der Waals surface area contributed by atoms with Crippen molar-refractivity contribution in [2.45, 2.75) is 26.3 Å². The average molecular weight is 196 g/mol. The number of hydrogen-bond acceptors (Lipinski definition) is 3. The van der Waals surface area contributed by atoms with E-state index >= 15 is 0 Å². The predicted molar refractivity (Wildman–Crippen MR) is 52.9 cm³/mol. The molecule has 0 bridgehead atoms. The number of oxime groups is 1. The summed E-state index contributed by atoms with van der Waals surface area (Å²) in [4.78, 5) is 17.8. The summed E-state index contributed by atoms with van der Waals surface area (Å²) in [6, 6.07) is 0.147. The van der Waals surface area contributed by atoms with E-state index in [4.69, 9.17) is 4.84 Å². The quantitative estimate of drug-likeness (QED) is 0.615. The topological polar surface area (TPSA) is 41.9 Å². The molecule has 0 aromatic carbocycles. The van der Waals surface area contributed by atoms with Crippen LogP contribution in [-0.2, 0) is 9.63 Å². The first-order chi connectivity index (χ1) is 6.74. The number of fused-ring (bicyclic) bond motifs is 1. The van der Waals surface area contributed by atoms with Crippen LogP contribution in [0.15, 0.2) is 5.16 Å². The molecule has 0 aliphatic carbocycles. The molecule has 2 aliphatic heterocycles. The summed E-state index contributed by atoms with van der Waals surface area (Å²) in [5.41, 5.74) is 1.07. The molecule has 0 radical (unpaired) electrons. The second-order valence-electron chi connectivity index (χ2n) is 4.33. The Hall–Kier alpha value is -1.06. The van der Waals surface area contributed by atoms with Crippen LogP contribution in [0, 0.1) is 11.8 Å². The number of piperidine rings is 1. The first-order valence-electron chi connectivity index (χ1n) is 5.15. The van der Waals surface area contributed by atoms with Gasteiger partial charge in [-0.05, 0) is 12.3 Å². The summed E-state index contributed by atoms with van der Waals surface area (Å²) < 4.78 is 0. The fourth-order valence-electron chi connectivity index (χ4n) is 2.35. The van der Waals surface area contributed by atoms with E-state index in [1.165, 1.54) is 0 Å². The molecule has 2 rings (SSSR count). The zero-order valence-corrected chi connectivity index (χ0v) is 8.64. The summed E-state index contributed by atoms with van der Waals surface area (Å²) in [6.45, 7) is 5.76. The van der Waals surface area contributed by atoms with Gasteiger partial charge in [0, 0.05) is 12.5 Å². The molecule has 2 atom stereocenters. The van der Waals surface area contributed by atoms with Crippen LogP contribution in [0.1, 0.15) is 20.3 Å². The lowest BCUT2D eigenvalue weighted by molar-refractivity contribution is -0.120. The minimum atomic E-state index is 0.147. The van der Waals surface area contributed by atoms with Crippen molar-refractivity contribution in [3.05, 3.63) is 0 Å². The van der Waals surface area contributed by atoms with Crippen molar-refractivity contribution in [2.24, 2.45) is 17.0 Å². The van der Waals surface area contributed by atoms with Crippen molar-refractivity contribution in [2.75, 3.05) is 13.2 Å². The Morgan fingerprint density at radius 1 is 1.64 bits per heavy atom. The van der Waals surface area contributed by atoms with Crippen molar-refractivity contribution in [1.29, 1.82) is 0 Å². The van der Waals surface area contributed by atoms with E-state index in [2.05, 4.69) is 19.0 Å². The van der Waals surface area contributed by atoms with Crippen molar-refractivity contribution in [1.82, 2.24) is 4.90 Å². The first kappa shape index (κ1) is 9.49. The summed E-state index contributed by atoms with van der Waals surface area (Å²) in [7, 11) is 0. The standard InChI is InChI=1S/C10H16N2O2/c1-7(2)10-9-8(5-14-11-9)3-4-12(10)6-13/h6-8,10H,3-5H2,1-2H3/t8-,10-/m0/s1. The normalized spacial score (nSPS) is 31.1. The maximum absolute atomic E-state index is 10.9. The molecule has 2 aliphatic rings. The van der Waals surface area contributed by atoms with Gasteiger partial charge in [0.1, 0.15) is 6.61 Å². The van der Waals surface area contributed by atoms with Crippen molar-refractivity contribution >= 4 is 12.1 Å². The van der Waals surface area contributed by atoms with Gasteiger partial charge in [-0.2, -0.15) is 0 Å². The van der Waals surface area contributed by atoms with Crippen LogP contribution in [0.4, 0.5) is 0 Å². The lowest BCUT2D eigenvalue weighted by Crippen LogP contribution is -2.51. The number of amides is 1. The molecule has 0 aromatic rings. The highest BCUT2D eigenvalue weighted by atomic mass is 16.6. The minimum absolute atomic E-state index is 0.147. The second-order valence-corrected chi connectivity index (χ2v) is 4.33. The highest BCUT2D eigenvalue weighted by Crippen LogP contribution is 2.28. The highest BCUT2D eigenvalue weighted by molar-refractivity contribution is 5.94.